The van der Waals surface area contributed by atoms with Crippen molar-refractivity contribution in [3.05, 3.63) is 60.0 Å². The van der Waals surface area contributed by atoms with Crippen LogP contribution in [0.25, 0.3) is 11.1 Å². The molecule has 1 aliphatic heterocycles. The van der Waals surface area contributed by atoms with Crippen LogP contribution in [0.2, 0.25) is 0 Å². The standard InChI is InChI=1S/C26H28FN5O2/c1-31-9-6-22(7-10-31)32-16-21(15-30-32)20-12-23(25(28)29-14-20)34-17-19-4-2-3-18(11-19)5-8-26(33)13-24(26)27/h2-4,11-12,14-16,22,24,33H,6-7,9-10,13,17H2,1H3,(H2,28,29). The molecule has 3 aromatic rings. The zero-order chi connectivity index (χ0) is 23.7. The van der Waals surface area contributed by atoms with Crippen LogP contribution in [0, 0.1) is 11.8 Å². The molecule has 1 saturated heterocycles. The van der Waals surface area contributed by atoms with E-state index in [0.717, 1.165) is 42.6 Å². The number of aromatic nitrogens is 3. The van der Waals surface area contributed by atoms with Crippen LogP contribution in [0.15, 0.2) is 48.9 Å². The fourth-order valence-corrected chi connectivity index (χ4v) is 4.10. The Morgan fingerprint density at radius 1 is 1.24 bits per heavy atom. The first-order chi connectivity index (χ1) is 16.4. The summed E-state index contributed by atoms with van der Waals surface area (Å²) in [6, 6.07) is 9.72. The van der Waals surface area contributed by atoms with Gasteiger partial charge in [0, 0.05) is 35.5 Å². The summed E-state index contributed by atoms with van der Waals surface area (Å²) in [5, 5.41) is 14.4. The molecule has 5 rings (SSSR count). The molecule has 2 aliphatic rings. The Bertz CT molecular complexity index is 1240. The highest BCUT2D eigenvalue weighted by atomic mass is 19.1. The van der Waals surface area contributed by atoms with Gasteiger partial charge in [0.15, 0.2) is 17.2 Å². The monoisotopic (exact) mass is 461 g/mol. The number of hydrogen-bond donors (Lipinski definition) is 2. The fourth-order valence-electron chi connectivity index (χ4n) is 4.10. The minimum Gasteiger partial charge on any atom is -0.485 e. The van der Waals surface area contributed by atoms with Crippen molar-refractivity contribution in [2.45, 2.75) is 43.7 Å². The van der Waals surface area contributed by atoms with E-state index in [9.17, 15) is 9.50 Å². The fraction of sp³-hybridized carbons (Fsp3) is 0.385. The summed E-state index contributed by atoms with van der Waals surface area (Å²) in [5.41, 5.74) is 8.00. The van der Waals surface area contributed by atoms with Gasteiger partial charge in [-0.15, -0.1) is 0 Å². The SMILES string of the molecule is CN1CCC(n2cc(-c3cnc(N)c(OCc4cccc(C#CC5(O)CC5F)c4)c3)cn2)CC1. The van der Waals surface area contributed by atoms with Crippen molar-refractivity contribution in [2.75, 3.05) is 25.9 Å². The van der Waals surface area contributed by atoms with Crippen molar-refractivity contribution in [1.82, 2.24) is 19.7 Å². The third-order valence-electron chi connectivity index (χ3n) is 6.47. The highest BCUT2D eigenvalue weighted by Crippen LogP contribution is 2.38. The number of halogens is 1. The molecule has 8 heteroatoms. The molecule has 2 unspecified atom stereocenters. The minimum atomic E-state index is -1.49. The van der Waals surface area contributed by atoms with Crippen molar-refractivity contribution in [3.8, 4) is 28.7 Å². The van der Waals surface area contributed by atoms with Crippen LogP contribution in [0.1, 0.15) is 36.4 Å². The molecule has 2 aromatic heterocycles. The summed E-state index contributed by atoms with van der Waals surface area (Å²) in [6.45, 7) is 2.42. The first-order valence-corrected chi connectivity index (χ1v) is 11.5. The second-order valence-corrected chi connectivity index (χ2v) is 9.19. The van der Waals surface area contributed by atoms with E-state index in [4.69, 9.17) is 10.5 Å². The van der Waals surface area contributed by atoms with Gasteiger partial charge < -0.3 is 20.5 Å². The van der Waals surface area contributed by atoms with E-state index in [0.29, 0.717) is 23.2 Å². The summed E-state index contributed by atoms with van der Waals surface area (Å²) < 4.78 is 21.2. The largest absolute Gasteiger partial charge is 0.485 e. The summed E-state index contributed by atoms with van der Waals surface area (Å²) in [4.78, 5) is 6.65. The average Bonchev–Trinajstić information content (AvgIpc) is 3.21. The van der Waals surface area contributed by atoms with Gasteiger partial charge in [-0.3, -0.25) is 4.68 Å². The highest BCUT2D eigenvalue weighted by molar-refractivity contribution is 5.65. The third-order valence-corrected chi connectivity index (χ3v) is 6.47. The van der Waals surface area contributed by atoms with Gasteiger partial charge >= 0.3 is 0 Å². The number of aliphatic hydroxyl groups is 1. The van der Waals surface area contributed by atoms with Crippen LogP contribution in [-0.4, -0.2) is 56.7 Å². The lowest BCUT2D eigenvalue weighted by atomic mass is 10.1. The van der Waals surface area contributed by atoms with Gasteiger partial charge in [-0.05, 0) is 56.7 Å². The number of likely N-dealkylation sites (tertiary alicyclic amines) is 1. The minimum absolute atomic E-state index is 0.0717. The van der Waals surface area contributed by atoms with Crippen molar-refractivity contribution < 1.29 is 14.2 Å². The molecule has 1 aliphatic carbocycles. The van der Waals surface area contributed by atoms with Crippen LogP contribution in [0.3, 0.4) is 0 Å². The van der Waals surface area contributed by atoms with Crippen molar-refractivity contribution in [3.63, 3.8) is 0 Å². The number of nitrogens with zero attached hydrogens (tertiary/aromatic N) is 4. The van der Waals surface area contributed by atoms with Gasteiger partial charge in [0.2, 0.25) is 0 Å². The lowest BCUT2D eigenvalue weighted by Gasteiger charge is -2.28. The highest BCUT2D eigenvalue weighted by Gasteiger charge is 2.53. The average molecular weight is 462 g/mol. The molecule has 0 amide bonds. The summed E-state index contributed by atoms with van der Waals surface area (Å²) in [7, 11) is 2.15. The number of anilines is 1. The van der Waals surface area contributed by atoms with Gasteiger partial charge in [-0.25, -0.2) is 9.37 Å². The molecular weight excluding hydrogens is 433 g/mol. The Morgan fingerprint density at radius 3 is 2.79 bits per heavy atom. The van der Waals surface area contributed by atoms with Gasteiger partial charge in [0.25, 0.3) is 0 Å². The molecule has 2 atom stereocenters. The predicted molar refractivity (Wildman–Crippen MR) is 128 cm³/mol. The Labute approximate surface area is 198 Å². The number of benzene rings is 1. The van der Waals surface area contributed by atoms with Crippen LogP contribution in [0.5, 0.6) is 5.75 Å². The molecule has 7 nitrogen and oxygen atoms in total. The zero-order valence-electron chi connectivity index (χ0n) is 19.1. The van der Waals surface area contributed by atoms with Crippen LogP contribution in [0.4, 0.5) is 10.2 Å². The lowest BCUT2D eigenvalue weighted by Crippen LogP contribution is -2.31. The summed E-state index contributed by atoms with van der Waals surface area (Å²) >= 11 is 0. The first-order valence-electron chi connectivity index (χ1n) is 11.5. The number of hydrogen-bond acceptors (Lipinski definition) is 6. The number of piperidine rings is 1. The van der Waals surface area contributed by atoms with E-state index >= 15 is 0 Å². The number of alkyl halides is 1. The number of ether oxygens (including phenoxy) is 1. The zero-order valence-corrected chi connectivity index (χ0v) is 19.1. The van der Waals surface area contributed by atoms with E-state index in [1.165, 1.54) is 0 Å². The number of pyridine rings is 1. The number of nitrogen functional groups attached to an aromatic ring is 1. The molecule has 1 aromatic carbocycles. The smallest absolute Gasteiger partial charge is 0.166 e. The van der Waals surface area contributed by atoms with Gasteiger partial charge in [0.1, 0.15) is 12.8 Å². The second-order valence-electron chi connectivity index (χ2n) is 9.19. The first kappa shape index (κ1) is 22.4. The Kier molecular flexibility index (Phi) is 5.98. The van der Waals surface area contributed by atoms with Crippen molar-refractivity contribution in [2.24, 2.45) is 0 Å². The van der Waals surface area contributed by atoms with E-state index in [2.05, 4.69) is 44.7 Å². The van der Waals surface area contributed by atoms with Gasteiger partial charge in [-0.1, -0.05) is 24.0 Å². The molecule has 34 heavy (non-hydrogen) atoms. The molecule has 176 valence electrons. The predicted octanol–water partition coefficient (Wildman–Crippen LogP) is 3.20. The third kappa shape index (κ3) is 4.91. The van der Waals surface area contributed by atoms with E-state index in [-0.39, 0.29) is 13.0 Å². The second kappa shape index (κ2) is 9.09. The van der Waals surface area contributed by atoms with Crippen molar-refractivity contribution in [1.29, 1.82) is 0 Å². The van der Waals surface area contributed by atoms with E-state index in [1.54, 1.807) is 6.20 Å². The van der Waals surface area contributed by atoms with Gasteiger partial charge in [0.05, 0.1) is 12.2 Å². The molecule has 3 N–H and O–H groups in total. The molecule has 0 bridgehead atoms. The van der Waals surface area contributed by atoms with Crippen LogP contribution in [-0.2, 0) is 6.61 Å². The molecule has 2 fully saturated rings. The van der Waals surface area contributed by atoms with Crippen LogP contribution >= 0.6 is 0 Å². The molecule has 1 saturated carbocycles. The Balaban J connectivity index is 1.27. The van der Waals surface area contributed by atoms with Crippen molar-refractivity contribution >= 4 is 5.82 Å². The maximum Gasteiger partial charge on any atom is 0.166 e. The maximum absolute atomic E-state index is 13.2. The number of nitrogens with two attached hydrogens (primary N) is 1. The summed E-state index contributed by atoms with van der Waals surface area (Å²) in [5.74, 6) is 6.26. The van der Waals surface area contributed by atoms with E-state index < -0.39 is 11.8 Å². The maximum atomic E-state index is 13.2. The quantitative estimate of drug-likeness (QED) is 0.568. The molecular formula is C26H28FN5O2. The Morgan fingerprint density at radius 2 is 2.03 bits per heavy atom. The number of rotatable bonds is 5. The molecule has 3 heterocycles. The van der Waals surface area contributed by atoms with Crippen LogP contribution < -0.4 is 10.5 Å². The normalized spacial score (nSPS) is 22.7. The molecule has 0 radical (unpaired) electrons. The van der Waals surface area contributed by atoms with Gasteiger partial charge in [-0.2, -0.15) is 5.10 Å². The van der Waals surface area contributed by atoms with E-state index in [1.807, 2.05) is 36.5 Å². The Hall–Kier alpha value is -3.41. The molecule has 0 spiro atoms. The lowest BCUT2D eigenvalue weighted by molar-refractivity contribution is 0.176. The summed E-state index contributed by atoms with van der Waals surface area (Å²) in [6.07, 6.45) is 6.63. The topological polar surface area (TPSA) is 89.4 Å².